The molecule has 1 unspecified atom stereocenters. The van der Waals surface area contributed by atoms with Crippen LogP contribution < -0.4 is 19.5 Å². The van der Waals surface area contributed by atoms with E-state index in [2.05, 4.69) is 5.32 Å². The average Bonchev–Trinajstić information content (AvgIpc) is 3.20. The number of rotatable bonds is 6. The Morgan fingerprint density at radius 1 is 1.06 bits per heavy atom. The Balaban J connectivity index is 2.16. The first kappa shape index (κ1) is 22.2. The van der Waals surface area contributed by atoms with Gasteiger partial charge in [-0.2, -0.15) is 0 Å². The summed E-state index contributed by atoms with van der Waals surface area (Å²) in [5, 5.41) is 2.91. The zero-order valence-electron chi connectivity index (χ0n) is 18.5. The van der Waals surface area contributed by atoms with Crippen molar-refractivity contribution >= 4 is 17.7 Å². The minimum Gasteiger partial charge on any atom is -0.493 e. The highest BCUT2D eigenvalue weighted by Gasteiger charge is 2.40. The smallest absolute Gasteiger partial charge is 0.272 e. The number of methoxy groups -OCH3 is 3. The second-order valence-electron chi connectivity index (χ2n) is 8.19. The highest BCUT2D eigenvalue weighted by Crippen LogP contribution is 2.41. The largest absolute Gasteiger partial charge is 0.493 e. The van der Waals surface area contributed by atoms with Crippen LogP contribution in [0.4, 0.5) is 0 Å². The van der Waals surface area contributed by atoms with E-state index in [-0.39, 0.29) is 18.1 Å². The number of fused-ring (bicyclic) bond motifs is 1. The Kier molecular flexibility index (Phi) is 5.97. The molecule has 0 bridgehead atoms. The van der Waals surface area contributed by atoms with Gasteiger partial charge in [0.05, 0.1) is 21.3 Å². The van der Waals surface area contributed by atoms with Crippen molar-refractivity contribution in [2.24, 2.45) is 0 Å². The van der Waals surface area contributed by atoms with Gasteiger partial charge in [-0.25, -0.2) is 0 Å². The van der Waals surface area contributed by atoms with E-state index in [0.29, 0.717) is 22.8 Å². The van der Waals surface area contributed by atoms with Crippen LogP contribution in [0.2, 0.25) is 0 Å². The maximum atomic E-state index is 13.4. The Morgan fingerprint density at radius 3 is 2.19 bits per heavy atom. The number of hydrogen-bond acceptors (Lipinski definition) is 6. The average molecular weight is 429 g/mol. The molecule has 9 nitrogen and oxygen atoms in total. The monoisotopic (exact) mass is 429 g/mol. The van der Waals surface area contributed by atoms with Crippen LogP contribution >= 0.6 is 0 Å². The molecule has 2 amide bonds. The molecular formula is C22H27N3O6. The van der Waals surface area contributed by atoms with Crippen LogP contribution in [0.15, 0.2) is 30.5 Å². The molecule has 166 valence electrons. The van der Waals surface area contributed by atoms with Gasteiger partial charge in [0.1, 0.15) is 18.3 Å². The van der Waals surface area contributed by atoms with Crippen LogP contribution in [-0.2, 0) is 4.79 Å². The fourth-order valence-corrected chi connectivity index (χ4v) is 3.59. The number of carbonyl (C=O) groups is 3. The number of amides is 2. The molecule has 0 fully saturated rings. The fraction of sp³-hybridized carbons (Fsp3) is 0.409. The number of hydrogen-bond donors (Lipinski definition) is 1. The zero-order valence-corrected chi connectivity index (χ0v) is 18.5. The maximum Gasteiger partial charge on any atom is 0.272 e. The molecule has 1 atom stereocenters. The van der Waals surface area contributed by atoms with Gasteiger partial charge in [-0.15, -0.1) is 0 Å². The molecule has 0 aliphatic carbocycles. The summed E-state index contributed by atoms with van der Waals surface area (Å²) in [5.74, 6) is -0.122. The first-order valence-corrected chi connectivity index (χ1v) is 9.74. The van der Waals surface area contributed by atoms with Gasteiger partial charge in [-0.05, 0) is 50.6 Å². The van der Waals surface area contributed by atoms with Crippen molar-refractivity contribution in [2.45, 2.75) is 32.4 Å². The Morgan fingerprint density at radius 2 is 1.68 bits per heavy atom. The van der Waals surface area contributed by atoms with E-state index in [1.165, 1.54) is 37.0 Å². The van der Waals surface area contributed by atoms with Gasteiger partial charge in [0.25, 0.3) is 11.8 Å². The summed E-state index contributed by atoms with van der Waals surface area (Å²) in [6.07, 6.45) is 1.54. The molecule has 2 heterocycles. The van der Waals surface area contributed by atoms with Crippen LogP contribution in [0.1, 0.15) is 47.7 Å². The molecule has 0 saturated heterocycles. The standard InChI is InChI=1S/C22H27N3O6/c1-22(2,3)23-20(27)18(13-10-15(29-4)19(31-6)16(11-13)30-5)25-12-17(26)24-9-7-8-14(24)21(25)28/h7-11,18H,12H2,1-6H3,(H,23,27). The summed E-state index contributed by atoms with van der Waals surface area (Å²) >= 11 is 0. The maximum absolute atomic E-state index is 13.4. The third-order valence-corrected chi connectivity index (χ3v) is 4.86. The molecule has 3 rings (SSSR count). The summed E-state index contributed by atoms with van der Waals surface area (Å²) in [4.78, 5) is 40.5. The van der Waals surface area contributed by atoms with Gasteiger partial charge in [0.15, 0.2) is 11.5 Å². The molecule has 9 heteroatoms. The Bertz CT molecular complexity index is 995. The lowest BCUT2D eigenvalue weighted by Gasteiger charge is -2.35. The van der Waals surface area contributed by atoms with Crippen LogP contribution in [-0.4, -0.2) is 60.6 Å². The predicted molar refractivity (Wildman–Crippen MR) is 113 cm³/mol. The minimum atomic E-state index is -1.09. The lowest BCUT2D eigenvalue weighted by Crippen LogP contribution is -2.53. The molecule has 1 aromatic heterocycles. The van der Waals surface area contributed by atoms with Crippen molar-refractivity contribution in [2.75, 3.05) is 27.9 Å². The number of nitrogens with zero attached hydrogens (tertiary/aromatic N) is 2. The highest BCUT2D eigenvalue weighted by molar-refractivity contribution is 6.05. The molecule has 0 spiro atoms. The normalized spacial score (nSPS) is 14.7. The molecular weight excluding hydrogens is 402 g/mol. The number of aromatic nitrogens is 1. The topological polar surface area (TPSA) is 99.1 Å². The second kappa shape index (κ2) is 8.33. The van der Waals surface area contributed by atoms with E-state index >= 15 is 0 Å². The molecule has 0 saturated carbocycles. The van der Waals surface area contributed by atoms with E-state index in [9.17, 15) is 14.4 Å². The summed E-state index contributed by atoms with van der Waals surface area (Å²) in [6.45, 7) is 5.27. The van der Waals surface area contributed by atoms with Crippen molar-refractivity contribution < 1.29 is 28.6 Å². The van der Waals surface area contributed by atoms with Gasteiger partial charge in [-0.1, -0.05) is 0 Å². The SMILES string of the molecule is COc1cc(C(C(=O)NC(C)(C)C)N2CC(=O)n3cccc3C2=O)cc(OC)c1OC. The number of nitrogens with one attached hydrogen (secondary N) is 1. The van der Waals surface area contributed by atoms with Crippen molar-refractivity contribution in [1.82, 2.24) is 14.8 Å². The van der Waals surface area contributed by atoms with E-state index in [0.717, 1.165) is 0 Å². The highest BCUT2D eigenvalue weighted by atomic mass is 16.5. The number of ether oxygens (including phenoxy) is 3. The van der Waals surface area contributed by atoms with E-state index in [1.54, 1.807) is 24.3 Å². The van der Waals surface area contributed by atoms with Crippen molar-refractivity contribution in [3.05, 3.63) is 41.7 Å². The van der Waals surface area contributed by atoms with E-state index < -0.39 is 23.4 Å². The van der Waals surface area contributed by atoms with Gasteiger partial charge < -0.3 is 24.4 Å². The van der Waals surface area contributed by atoms with Crippen LogP contribution in [0.3, 0.4) is 0 Å². The first-order valence-electron chi connectivity index (χ1n) is 9.74. The molecule has 1 aliphatic heterocycles. The quantitative estimate of drug-likeness (QED) is 0.756. The third-order valence-electron chi connectivity index (χ3n) is 4.86. The minimum absolute atomic E-state index is 0.206. The summed E-state index contributed by atoms with van der Waals surface area (Å²) in [5.41, 5.74) is 0.0774. The molecule has 0 radical (unpaired) electrons. The van der Waals surface area contributed by atoms with Crippen LogP contribution in [0.5, 0.6) is 17.2 Å². The Labute approximate surface area is 180 Å². The summed E-state index contributed by atoms with van der Waals surface area (Å²) in [7, 11) is 4.41. The fourth-order valence-electron chi connectivity index (χ4n) is 3.59. The van der Waals surface area contributed by atoms with Crippen molar-refractivity contribution in [1.29, 1.82) is 0 Å². The van der Waals surface area contributed by atoms with E-state index in [4.69, 9.17) is 14.2 Å². The lowest BCUT2D eigenvalue weighted by atomic mass is 9.99. The molecule has 2 aromatic rings. The lowest BCUT2D eigenvalue weighted by molar-refractivity contribution is -0.127. The summed E-state index contributed by atoms with van der Waals surface area (Å²) in [6, 6.07) is 5.31. The molecule has 1 aliphatic rings. The molecule has 31 heavy (non-hydrogen) atoms. The van der Waals surface area contributed by atoms with Crippen molar-refractivity contribution in [3.63, 3.8) is 0 Å². The number of benzene rings is 1. The Hall–Kier alpha value is -3.49. The van der Waals surface area contributed by atoms with Gasteiger partial charge in [-0.3, -0.25) is 19.0 Å². The first-order chi connectivity index (χ1) is 14.6. The van der Waals surface area contributed by atoms with Crippen LogP contribution in [0, 0.1) is 0 Å². The summed E-state index contributed by atoms with van der Waals surface area (Å²) < 4.78 is 17.5. The van der Waals surface area contributed by atoms with Gasteiger partial charge >= 0.3 is 0 Å². The van der Waals surface area contributed by atoms with Gasteiger partial charge in [0, 0.05) is 11.7 Å². The number of carbonyl (C=O) groups excluding carboxylic acids is 3. The third kappa shape index (κ3) is 4.21. The molecule has 1 aromatic carbocycles. The van der Waals surface area contributed by atoms with Crippen LogP contribution in [0.25, 0.3) is 0 Å². The molecule has 1 N–H and O–H groups in total. The predicted octanol–water partition coefficient (Wildman–Crippen LogP) is 2.27. The van der Waals surface area contributed by atoms with Crippen molar-refractivity contribution in [3.8, 4) is 17.2 Å². The van der Waals surface area contributed by atoms with Gasteiger partial charge in [0.2, 0.25) is 11.7 Å². The zero-order chi connectivity index (χ0) is 22.9. The van der Waals surface area contributed by atoms with E-state index in [1.807, 2.05) is 20.8 Å². The second-order valence-corrected chi connectivity index (χ2v) is 8.19.